The van der Waals surface area contributed by atoms with Gasteiger partial charge in [0.15, 0.2) is 0 Å². The third-order valence-corrected chi connectivity index (χ3v) is 5.44. The summed E-state index contributed by atoms with van der Waals surface area (Å²) in [4.78, 5) is 14.5. The zero-order valence-corrected chi connectivity index (χ0v) is 14.7. The van der Waals surface area contributed by atoms with Gasteiger partial charge in [-0.3, -0.25) is 4.79 Å². The molecule has 1 aromatic rings. The van der Waals surface area contributed by atoms with E-state index in [0.29, 0.717) is 18.9 Å². The molecular weight excluding hydrogens is 302 g/mol. The lowest BCUT2D eigenvalue weighted by atomic mass is 9.76. The highest BCUT2D eigenvalue weighted by Crippen LogP contribution is 2.42. The fourth-order valence-electron chi connectivity index (χ4n) is 3.88. The van der Waals surface area contributed by atoms with Crippen molar-refractivity contribution < 1.29 is 14.3 Å². The summed E-state index contributed by atoms with van der Waals surface area (Å²) in [6.45, 7) is 6.05. The fourth-order valence-corrected chi connectivity index (χ4v) is 3.88. The van der Waals surface area contributed by atoms with Crippen LogP contribution in [0.2, 0.25) is 0 Å². The van der Waals surface area contributed by atoms with Crippen LogP contribution in [0.5, 0.6) is 0 Å². The summed E-state index contributed by atoms with van der Waals surface area (Å²) in [7, 11) is 0. The van der Waals surface area contributed by atoms with Crippen molar-refractivity contribution in [3.8, 4) is 0 Å². The Hall–Kier alpha value is -1.39. The lowest BCUT2D eigenvalue weighted by Crippen LogP contribution is -2.43. The van der Waals surface area contributed by atoms with Crippen molar-refractivity contribution in [1.29, 1.82) is 0 Å². The first-order valence-corrected chi connectivity index (χ1v) is 9.22. The zero-order chi connectivity index (χ0) is 16.8. The van der Waals surface area contributed by atoms with Crippen molar-refractivity contribution in [3.63, 3.8) is 0 Å². The first kappa shape index (κ1) is 17.4. The monoisotopic (exact) mass is 331 g/mol. The second kappa shape index (κ2) is 8.13. The molecule has 3 rings (SSSR count). The third-order valence-electron chi connectivity index (χ3n) is 5.44. The molecule has 0 radical (unpaired) electrons. The molecule has 0 unspecified atom stereocenters. The molecular formula is C20H29NO3. The van der Waals surface area contributed by atoms with Crippen molar-refractivity contribution in [2.75, 3.05) is 32.9 Å². The predicted molar refractivity (Wildman–Crippen MR) is 93.9 cm³/mol. The number of hydrogen-bond donors (Lipinski definition) is 0. The Kier molecular flexibility index (Phi) is 5.90. The van der Waals surface area contributed by atoms with Crippen LogP contribution in [0.1, 0.15) is 38.2 Å². The molecule has 0 saturated carbocycles. The first-order valence-electron chi connectivity index (χ1n) is 9.22. The van der Waals surface area contributed by atoms with Gasteiger partial charge in [0.2, 0.25) is 5.91 Å². The smallest absolute Gasteiger partial charge is 0.222 e. The average Bonchev–Trinajstić information content (AvgIpc) is 3.02. The van der Waals surface area contributed by atoms with E-state index < -0.39 is 0 Å². The van der Waals surface area contributed by atoms with Crippen LogP contribution in [0.4, 0.5) is 0 Å². The van der Waals surface area contributed by atoms with E-state index in [0.717, 1.165) is 52.0 Å². The van der Waals surface area contributed by atoms with Crippen LogP contribution < -0.4 is 0 Å². The second-order valence-corrected chi connectivity index (χ2v) is 7.16. The van der Waals surface area contributed by atoms with Gasteiger partial charge in [0.05, 0.1) is 19.3 Å². The lowest BCUT2D eigenvalue weighted by molar-refractivity contribution is -0.133. The fraction of sp³-hybridized carbons (Fsp3) is 0.650. The number of benzene rings is 1. The van der Waals surface area contributed by atoms with Gasteiger partial charge in [-0.2, -0.15) is 0 Å². The van der Waals surface area contributed by atoms with Gasteiger partial charge in [0.25, 0.3) is 0 Å². The van der Waals surface area contributed by atoms with Crippen molar-refractivity contribution in [2.45, 2.75) is 45.1 Å². The molecule has 132 valence electrons. The first-order chi connectivity index (χ1) is 11.7. The summed E-state index contributed by atoms with van der Waals surface area (Å²) >= 11 is 0. The molecule has 2 heterocycles. The van der Waals surface area contributed by atoms with Crippen LogP contribution in [-0.2, 0) is 20.7 Å². The molecule has 1 spiro atoms. The molecule has 4 nitrogen and oxygen atoms in total. The minimum absolute atomic E-state index is 0.241. The molecule has 0 bridgehead atoms. The summed E-state index contributed by atoms with van der Waals surface area (Å²) in [6.07, 6.45) is 4.89. The minimum Gasteiger partial charge on any atom is -0.379 e. The third kappa shape index (κ3) is 4.37. The van der Waals surface area contributed by atoms with Crippen LogP contribution in [0.15, 0.2) is 30.3 Å². The molecule has 2 aliphatic heterocycles. The number of piperidine rings is 1. The standard InChI is InChI=1S/C20H29NO3/c1-2-23-15-18-14-20(16-24-18)10-12-21(13-11-20)19(22)9-8-17-6-4-3-5-7-17/h3-7,18H,2,8-16H2,1H3/t18-/m0/s1. The molecule has 2 saturated heterocycles. The Morgan fingerprint density at radius 1 is 1.29 bits per heavy atom. The molecule has 0 N–H and O–H groups in total. The van der Waals surface area contributed by atoms with E-state index in [9.17, 15) is 4.79 Å². The van der Waals surface area contributed by atoms with Gasteiger partial charge in [-0.05, 0) is 43.6 Å². The average molecular weight is 331 g/mol. The molecule has 1 aromatic carbocycles. The normalized spacial score (nSPS) is 22.9. The largest absolute Gasteiger partial charge is 0.379 e. The second-order valence-electron chi connectivity index (χ2n) is 7.16. The Labute approximate surface area is 145 Å². The highest BCUT2D eigenvalue weighted by Gasteiger charge is 2.42. The van der Waals surface area contributed by atoms with Crippen LogP contribution in [0, 0.1) is 5.41 Å². The number of carbonyl (C=O) groups is 1. The van der Waals surface area contributed by atoms with Gasteiger partial charge in [-0.25, -0.2) is 0 Å². The SMILES string of the molecule is CCOC[C@@H]1CC2(CCN(C(=O)CCc3ccccc3)CC2)CO1. The number of nitrogens with zero attached hydrogens (tertiary/aromatic N) is 1. The van der Waals surface area contributed by atoms with Gasteiger partial charge < -0.3 is 14.4 Å². The molecule has 2 fully saturated rings. The van der Waals surface area contributed by atoms with Gasteiger partial charge in [0.1, 0.15) is 0 Å². The maximum Gasteiger partial charge on any atom is 0.222 e. The van der Waals surface area contributed by atoms with Crippen molar-refractivity contribution in [1.82, 2.24) is 4.90 Å². The van der Waals surface area contributed by atoms with E-state index in [4.69, 9.17) is 9.47 Å². The molecule has 1 atom stereocenters. The quantitative estimate of drug-likeness (QED) is 0.804. The number of likely N-dealkylation sites (tertiary alicyclic amines) is 1. The van der Waals surface area contributed by atoms with Gasteiger partial charge in [-0.15, -0.1) is 0 Å². The Balaban J connectivity index is 1.42. The summed E-state index contributed by atoms with van der Waals surface area (Å²) in [5.74, 6) is 0.290. The van der Waals surface area contributed by atoms with E-state index >= 15 is 0 Å². The van der Waals surface area contributed by atoms with E-state index in [-0.39, 0.29) is 11.5 Å². The summed E-state index contributed by atoms with van der Waals surface area (Å²) in [5.41, 5.74) is 1.51. The van der Waals surface area contributed by atoms with Crippen LogP contribution in [0.25, 0.3) is 0 Å². The molecule has 4 heteroatoms. The zero-order valence-electron chi connectivity index (χ0n) is 14.7. The predicted octanol–water partition coefficient (Wildman–Crippen LogP) is 3.05. The molecule has 1 amide bonds. The molecule has 0 aromatic heterocycles. The van der Waals surface area contributed by atoms with Crippen LogP contribution in [-0.4, -0.2) is 49.8 Å². The summed E-state index contributed by atoms with van der Waals surface area (Å²) < 4.78 is 11.4. The minimum atomic E-state index is 0.241. The van der Waals surface area contributed by atoms with Gasteiger partial charge >= 0.3 is 0 Å². The Morgan fingerprint density at radius 2 is 2.04 bits per heavy atom. The highest BCUT2D eigenvalue weighted by molar-refractivity contribution is 5.76. The van der Waals surface area contributed by atoms with Crippen LogP contribution in [0.3, 0.4) is 0 Å². The Morgan fingerprint density at radius 3 is 2.75 bits per heavy atom. The number of hydrogen-bond acceptors (Lipinski definition) is 3. The van der Waals surface area contributed by atoms with E-state index in [2.05, 4.69) is 12.1 Å². The van der Waals surface area contributed by atoms with E-state index in [1.54, 1.807) is 0 Å². The number of aryl methyl sites for hydroxylation is 1. The van der Waals surface area contributed by atoms with E-state index in [1.165, 1.54) is 5.56 Å². The van der Waals surface area contributed by atoms with E-state index in [1.807, 2.05) is 30.0 Å². The van der Waals surface area contributed by atoms with Crippen molar-refractivity contribution >= 4 is 5.91 Å². The maximum absolute atomic E-state index is 12.5. The number of ether oxygens (including phenoxy) is 2. The number of carbonyl (C=O) groups excluding carboxylic acids is 1. The highest BCUT2D eigenvalue weighted by atomic mass is 16.5. The molecule has 24 heavy (non-hydrogen) atoms. The van der Waals surface area contributed by atoms with Gasteiger partial charge in [-0.1, -0.05) is 30.3 Å². The summed E-state index contributed by atoms with van der Waals surface area (Å²) in [5, 5.41) is 0. The summed E-state index contributed by atoms with van der Waals surface area (Å²) in [6, 6.07) is 10.3. The molecule has 0 aliphatic carbocycles. The van der Waals surface area contributed by atoms with Crippen molar-refractivity contribution in [2.24, 2.45) is 5.41 Å². The topological polar surface area (TPSA) is 38.8 Å². The maximum atomic E-state index is 12.5. The number of amides is 1. The van der Waals surface area contributed by atoms with Gasteiger partial charge in [0, 0.05) is 26.1 Å². The lowest BCUT2D eigenvalue weighted by Gasteiger charge is -2.38. The Bertz CT molecular complexity index is 523. The van der Waals surface area contributed by atoms with Crippen molar-refractivity contribution in [3.05, 3.63) is 35.9 Å². The van der Waals surface area contributed by atoms with Crippen LogP contribution >= 0.6 is 0 Å². The molecule has 2 aliphatic rings. The number of rotatable bonds is 6.